The van der Waals surface area contributed by atoms with Crippen molar-refractivity contribution in [3.63, 3.8) is 0 Å². The Morgan fingerprint density at radius 2 is 1.69 bits per heavy atom. The van der Waals surface area contributed by atoms with Gasteiger partial charge in [0.15, 0.2) is 0 Å². The molecule has 6 nitrogen and oxygen atoms in total. The molecule has 0 radical (unpaired) electrons. The Balaban J connectivity index is 1.39. The molecule has 2 saturated carbocycles. The lowest BCUT2D eigenvalue weighted by atomic mass is 9.84. The smallest absolute Gasteiger partial charge is 0.392 e. The van der Waals surface area contributed by atoms with Crippen LogP contribution in [0.25, 0.3) is 0 Å². The van der Waals surface area contributed by atoms with Gasteiger partial charge in [0.2, 0.25) is 11.8 Å². The van der Waals surface area contributed by atoms with Gasteiger partial charge in [-0.2, -0.15) is 13.2 Å². The van der Waals surface area contributed by atoms with Gasteiger partial charge in [-0.05, 0) is 68.8 Å². The second-order valence-electron chi connectivity index (χ2n) is 10.6. The van der Waals surface area contributed by atoms with Crippen molar-refractivity contribution in [2.24, 2.45) is 5.92 Å². The van der Waals surface area contributed by atoms with Crippen LogP contribution in [0.5, 0.6) is 5.75 Å². The lowest BCUT2D eigenvalue weighted by Crippen LogP contribution is -2.54. The third kappa shape index (κ3) is 7.37. The predicted octanol–water partition coefficient (Wildman–Crippen LogP) is 4.37. The van der Waals surface area contributed by atoms with Gasteiger partial charge in [0.05, 0.1) is 18.4 Å². The van der Waals surface area contributed by atoms with Crippen LogP contribution >= 0.6 is 0 Å². The fourth-order valence-electron chi connectivity index (χ4n) is 5.48. The molecule has 1 heterocycles. The number of piperidine rings is 1. The molecule has 0 aromatic heterocycles. The highest BCUT2D eigenvalue weighted by Crippen LogP contribution is 2.49. The minimum atomic E-state index is -4.26. The second-order valence-corrected chi connectivity index (χ2v) is 10.6. The zero-order valence-corrected chi connectivity index (χ0v) is 20.8. The molecule has 200 valence electrons. The summed E-state index contributed by atoms with van der Waals surface area (Å²) in [7, 11) is 0. The number of carbonyl (C=O) groups is 2. The average Bonchev–Trinajstić information content (AvgIpc) is 3.67. The average molecular weight is 510 g/mol. The first-order valence-corrected chi connectivity index (χ1v) is 13.4. The topological polar surface area (TPSA) is 79.5 Å². The molecule has 2 aliphatic carbocycles. The summed E-state index contributed by atoms with van der Waals surface area (Å²) < 4.78 is 42.3. The number of carbonyl (C=O) groups excluding carboxylic acids is 2. The second kappa shape index (κ2) is 11.8. The number of benzene rings is 1. The molecule has 1 atom stereocenters. The van der Waals surface area contributed by atoms with E-state index in [0.29, 0.717) is 30.9 Å². The third-order valence-electron chi connectivity index (χ3n) is 7.85. The molecular formula is C27H38F3N3O3. The standard InChI is InChI=1S/C27H38F3N3O3/c28-27(29,30)14-17-36-22-8-6-20(7-9-22)26(12-13-26)25(35)33-23(18-19-4-2-1-3-5-19)24(34)32-21-10-15-31-16-11-21/h6-9,19,21,23,31H,1-5,10-18H2,(H,32,34)(H,33,35). The highest BCUT2D eigenvalue weighted by molar-refractivity contribution is 5.95. The summed E-state index contributed by atoms with van der Waals surface area (Å²) in [5.41, 5.74) is 0.114. The van der Waals surface area contributed by atoms with E-state index in [1.165, 1.54) is 19.3 Å². The molecule has 1 saturated heterocycles. The van der Waals surface area contributed by atoms with E-state index < -0.39 is 30.7 Å². The van der Waals surface area contributed by atoms with Crippen LogP contribution in [-0.4, -0.2) is 49.8 Å². The Labute approximate surface area is 211 Å². The van der Waals surface area contributed by atoms with Gasteiger partial charge in [-0.1, -0.05) is 44.2 Å². The molecule has 9 heteroatoms. The Kier molecular flexibility index (Phi) is 8.80. The van der Waals surface area contributed by atoms with Gasteiger partial charge >= 0.3 is 6.18 Å². The van der Waals surface area contributed by atoms with Gasteiger partial charge in [0.1, 0.15) is 11.8 Å². The first kappa shape index (κ1) is 26.8. The summed E-state index contributed by atoms with van der Waals surface area (Å²) in [6.45, 7) is 1.32. The molecule has 4 rings (SSSR count). The van der Waals surface area contributed by atoms with Gasteiger partial charge < -0.3 is 20.7 Å². The van der Waals surface area contributed by atoms with E-state index in [4.69, 9.17) is 4.74 Å². The molecule has 3 N–H and O–H groups in total. The van der Waals surface area contributed by atoms with Crippen molar-refractivity contribution >= 4 is 11.8 Å². The molecule has 1 unspecified atom stereocenters. The lowest BCUT2D eigenvalue weighted by molar-refractivity contribution is -0.139. The number of halogens is 3. The fourth-order valence-corrected chi connectivity index (χ4v) is 5.48. The van der Waals surface area contributed by atoms with Gasteiger partial charge in [0.25, 0.3) is 0 Å². The molecule has 1 aliphatic heterocycles. The largest absolute Gasteiger partial charge is 0.493 e. The van der Waals surface area contributed by atoms with Crippen LogP contribution in [0, 0.1) is 5.92 Å². The Bertz CT molecular complexity index is 874. The van der Waals surface area contributed by atoms with E-state index in [1.54, 1.807) is 24.3 Å². The number of hydrogen-bond donors (Lipinski definition) is 3. The lowest BCUT2D eigenvalue weighted by Gasteiger charge is -2.30. The van der Waals surface area contributed by atoms with Crippen LogP contribution in [0.3, 0.4) is 0 Å². The molecule has 36 heavy (non-hydrogen) atoms. The van der Waals surface area contributed by atoms with Crippen molar-refractivity contribution in [2.45, 2.75) is 94.3 Å². The van der Waals surface area contributed by atoms with Gasteiger partial charge in [-0.25, -0.2) is 0 Å². The van der Waals surface area contributed by atoms with Crippen molar-refractivity contribution in [1.29, 1.82) is 0 Å². The van der Waals surface area contributed by atoms with E-state index >= 15 is 0 Å². The number of ether oxygens (including phenoxy) is 1. The SMILES string of the molecule is O=C(NC1CCNCC1)C(CC1CCCCC1)NC(=O)C1(c2ccc(OCCC(F)(F)F)cc2)CC1. The van der Waals surface area contributed by atoms with Gasteiger partial charge in [-0.15, -0.1) is 0 Å². The summed E-state index contributed by atoms with van der Waals surface area (Å²) in [4.78, 5) is 26.8. The molecule has 0 spiro atoms. The first-order chi connectivity index (χ1) is 17.2. The van der Waals surface area contributed by atoms with Crippen molar-refractivity contribution in [3.8, 4) is 5.75 Å². The number of rotatable bonds is 10. The normalized spacial score (nSPS) is 21.4. The highest BCUT2D eigenvalue weighted by Gasteiger charge is 2.52. The Morgan fingerprint density at radius 3 is 2.31 bits per heavy atom. The molecule has 2 amide bonds. The summed E-state index contributed by atoms with van der Waals surface area (Å²) in [6, 6.07) is 6.30. The first-order valence-electron chi connectivity index (χ1n) is 13.4. The molecule has 3 fully saturated rings. The maximum Gasteiger partial charge on any atom is 0.392 e. The number of alkyl halides is 3. The zero-order chi connectivity index (χ0) is 25.6. The van der Waals surface area contributed by atoms with E-state index in [0.717, 1.165) is 44.3 Å². The summed E-state index contributed by atoms with van der Waals surface area (Å²) >= 11 is 0. The number of amides is 2. The molecule has 3 aliphatic rings. The van der Waals surface area contributed by atoms with Crippen LogP contribution in [-0.2, 0) is 15.0 Å². The minimum Gasteiger partial charge on any atom is -0.493 e. The van der Waals surface area contributed by atoms with Gasteiger partial charge in [-0.3, -0.25) is 9.59 Å². The molecule has 1 aromatic rings. The van der Waals surface area contributed by atoms with E-state index in [1.807, 2.05) is 0 Å². The van der Waals surface area contributed by atoms with Crippen LogP contribution in [0.4, 0.5) is 13.2 Å². The van der Waals surface area contributed by atoms with E-state index in [9.17, 15) is 22.8 Å². The maximum absolute atomic E-state index is 13.5. The Morgan fingerprint density at radius 1 is 1.03 bits per heavy atom. The summed E-state index contributed by atoms with van der Waals surface area (Å²) in [6.07, 6.45) is 4.27. The highest BCUT2D eigenvalue weighted by atomic mass is 19.4. The predicted molar refractivity (Wildman–Crippen MR) is 131 cm³/mol. The Hall–Kier alpha value is -2.29. The quantitative estimate of drug-likeness (QED) is 0.438. The maximum atomic E-state index is 13.5. The van der Waals surface area contributed by atoms with Gasteiger partial charge in [0, 0.05) is 6.04 Å². The van der Waals surface area contributed by atoms with Crippen LogP contribution < -0.4 is 20.7 Å². The molecule has 0 bridgehead atoms. The van der Waals surface area contributed by atoms with Crippen LogP contribution in [0.15, 0.2) is 24.3 Å². The summed E-state index contributed by atoms with van der Waals surface area (Å²) in [5.74, 6) is 0.543. The third-order valence-corrected chi connectivity index (χ3v) is 7.85. The van der Waals surface area contributed by atoms with Crippen molar-refractivity contribution in [2.75, 3.05) is 19.7 Å². The zero-order valence-electron chi connectivity index (χ0n) is 20.8. The minimum absolute atomic E-state index is 0.0926. The van der Waals surface area contributed by atoms with Crippen molar-refractivity contribution in [3.05, 3.63) is 29.8 Å². The monoisotopic (exact) mass is 509 g/mol. The van der Waals surface area contributed by atoms with Crippen LogP contribution in [0.2, 0.25) is 0 Å². The van der Waals surface area contributed by atoms with Crippen molar-refractivity contribution < 1.29 is 27.5 Å². The number of hydrogen-bond acceptors (Lipinski definition) is 4. The molecular weight excluding hydrogens is 471 g/mol. The number of nitrogens with one attached hydrogen (secondary N) is 3. The van der Waals surface area contributed by atoms with E-state index in [2.05, 4.69) is 16.0 Å². The summed E-state index contributed by atoms with van der Waals surface area (Å²) in [5, 5.41) is 9.57. The van der Waals surface area contributed by atoms with E-state index in [-0.39, 0.29) is 17.9 Å². The van der Waals surface area contributed by atoms with Crippen molar-refractivity contribution in [1.82, 2.24) is 16.0 Å². The van der Waals surface area contributed by atoms with Crippen LogP contribution in [0.1, 0.15) is 76.2 Å². The fraction of sp³-hybridized carbons (Fsp3) is 0.704. The molecule has 1 aromatic carbocycles.